The van der Waals surface area contributed by atoms with Crippen molar-refractivity contribution in [3.8, 4) is 0 Å². The van der Waals surface area contributed by atoms with Gasteiger partial charge in [0.2, 0.25) is 11.8 Å². The van der Waals surface area contributed by atoms with Gasteiger partial charge in [0.05, 0.1) is 11.1 Å². The molecule has 1 aromatic carbocycles. The van der Waals surface area contributed by atoms with Crippen LogP contribution in [0.5, 0.6) is 0 Å². The maximum absolute atomic E-state index is 12.5. The number of nitrogens with zero attached hydrogens (tertiary/aromatic N) is 1. The average Bonchev–Trinajstić information content (AvgIpc) is 3.26. The van der Waals surface area contributed by atoms with E-state index in [0.717, 1.165) is 31.2 Å². The SMILES string of the molecule is Cc1ccc2c(c1)C(=O)N(CCCNC(=O)C(C)(C)C(=O)NC1CCCC1)C2=O. The van der Waals surface area contributed by atoms with Crippen LogP contribution < -0.4 is 10.6 Å². The van der Waals surface area contributed by atoms with Crippen molar-refractivity contribution in [2.75, 3.05) is 13.1 Å². The summed E-state index contributed by atoms with van der Waals surface area (Å²) < 4.78 is 0. The van der Waals surface area contributed by atoms with Crippen LogP contribution in [0.3, 0.4) is 0 Å². The first-order valence-electron chi connectivity index (χ1n) is 10.3. The Morgan fingerprint density at radius 1 is 1.07 bits per heavy atom. The van der Waals surface area contributed by atoms with Crippen molar-refractivity contribution in [3.05, 3.63) is 34.9 Å². The molecule has 0 atom stereocenters. The third-order valence-electron chi connectivity index (χ3n) is 5.80. The van der Waals surface area contributed by atoms with Crippen molar-refractivity contribution in [2.45, 2.75) is 58.9 Å². The molecule has 0 unspecified atom stereocenters. The summed E-state index contributed by atoms with van der Waals surface area (Å²) in [6.07, 6.45) is 4.56. The zero-order valence-electron chi connectivity index (χ0n) is 17.3. The van der Waals surface area contributed by atoms with Gasteiger partial charge < -0.3 is 10.6 Å². The van der Waals surface area contributed by atoms with Crippen molar-refractivity contribution in [3.63, 3.8) is 0 Å². The molecule has 0 aromatic heterocycles. The molecule has 1 aliphatic carbocycles. The highest BCUT2D eigenvalue weighted by Gasteiger charge is 2.38. The topological polar surface area (TPSA) is 95.6 Å². The fourth-order valence-corrected chi connectivity index (χ4v) is 3.81. The number of hydrogen-bond acceptors (Lipinski definition) is 4. The Morgan fingerprint density at radius 3 is 2.41 bits per heavy atom. The van der Waals surface area contributed by atoms with Gasteiger partial charge in [0, 0.05) is 19.1 Å². The molecule has 1 aliphatic heterocycles. The Bertz CT molecular complexity index is 840. The van der Waals surface area contributed by atoms with Gasteiger partial charge in [-0.15, -0.1) is 0 Å². The lowest BCUT2D eigenvalue weighted by Gasteiger charge is -2.25. The highest BCUT2D eigenvalue weighted by molar-refractivity contribution is 6.21. The third kappa shape index (κ3) is 4.33. The minimum atomic E-state index is -1.17. The summed E-state index contributed by atoms with van der Waals surface area (Å²) in [5.74, 6) is -1.22. The van der Waals surface area contributed by atoms with E-state index in [1.165, 1.54) is 4.90 Å². The lowest BCUT2D eigenvalue weighted by atomic mass is 9.90. The molecular formula is C22H29N3O4. The van der Waals surface area contributed by atoms with E-state index in [1.807, 2.05) is 13.0 Å². The van der Waals surface area contributed by atoms with E-state index in [-0.39, 0.29) is 42.8 Å². The maximum atomic E-state index is 12.5. The molecule has 1 fully saturated rings. The first-order valence-corrected chi connectivity index (χ1v) is 10.3. The van der Waals surface area contributed by atoms with Crippen molar-refractivity contribution in [1.82, 2.24) is 15.5 Å². The molecule has 0 saturated heterocycles. The van der Waals surface area contributed by atoms with E-state index >= 15 is 0 Å². The van der Waals surface area contributed by atoms with Crippen LogP contribution in [0.2, 0.25) is 0 Å². The predicted octanol–water partition coefficient (Wildman–Crippen LogP) is 2.18. The molecule has 1 heterocycles. The van der Waals surface area contributed by atoms with Crippen LogP contribution in [0.25, 0.3) is 0 Å². The van der Waals surface area contributed by atoms with Crippen molar-refractivity contribution in [1.29, 1.82) is 0 Å². The van der Waals surface area contributed by atoms with Gasteiger partial charge >= 0.3 is 0 Å². The molecule has 156 valence electrons. The largest absolute Gasteiger partial charge is 0.355 e. The molecule has 4 amide bonds. The van der Waals surface area contributed by atoms with Gasteiger partial charge in [-0.25, -0.2) is 0 Å². The van der Waals surface area contributed by atoms with E-state index in [0.29, 0.717) is 17.5 Å². The number of hydrogen-bond donors (Lipinski definition) is 2. The number of fused-ring (bicyclic) bond motifs is 1. The standard InChI is InChI=1S/C22H29N3O4/c1-14-9-10-16-17(13-14)19(27)25(18(16)26)12-6-11-23-20(28)22(2,3)21(29)24-15-7-4-5-8-15/h9-10,13,15H,4-8,11-12H2,1-3H3,(H,23,28)(H,24,29). The number of rotatable bonds is 7. The Labute approximate surface area is 171 Å². The summed E-state index contributed by atoms with van der Waals surface area (Å²) in [6.45, 7) is 5.60. The maximum Gasteiger partial charge on any atom is 0.261 e. The molecular weight excluding hydrogens is 370 g/mol. The van der Waals surface area contributed by atoms with Gasteiger partial charge in [-0.2, -0.15) is 0 Å². The summed E-state index contributed by atoms with van der Waals surface area (Å²) in [5.41, 5.74) is 0.616. The minimum absolute atomic E-state index is 0.159. The van der Waals surface area contributed by atoms with E-state index < -0.39 is 5.41 Å². The van der Waals surface area contributed by atoms with Crippen molar-refractivity contribution >= 4 is 23.6 Å². The van der Waals surface area contributed by atoms with Gasteiger partial charge in [0.15, 0.2) is 0 Å². The Hall–Kier alpha value is -2.70. The Balaban J connectivity index is 1.47. The average molecular weight is 399 g/mol. The number of aryl methyl sites for hydroxylation is 1. The molecule has 0 radical (unpaired) electrons. The van der Waals surface area contributed by atoms with Crippen LogP contribution in [-0.4, -0.2) is 47.7 Å². The smallest absolute Gasteiger partial charge is 0.261 e. The molecule has 1 saturated carbocycles. The lowest BCUT2D eigenvalue weighted by molar-refractivity contribution is -0.141. The molecule has 7 heteroatoms. The second-order valence-corrected chi connectivity index (χ2v) is 8.50. The molecule has 29 heavy (non-hydrogen) atoms. The number of carbonyl (C=O) groups is 4. The zero-order valence-corrected chi connectivity index (χ0v) is 17.3. The monoisotopic (exact) mass is 399 g/mol. The number of imide groups is 1. The van der Waals surface area contributed by atoms with Gasteiger partial charge in [0.25, 0.3) is 11.8 Å². The first kappa shape index (κ1) is 21.0. The summed E-state index contributed by atoms with van der Waals surface area (Å²) in [7, 11) is 0. The summed E-state index contributed by atoms with van der Waals surface area (Å²) in [6, 6.07) is 5.37. The van der Waals surface area contributed by atoms with E-state index in [9.17, 15) is 19.2 Å². The van der Waals surface area contributed by atoms with Crippen molar-refractivity contribution in [2.24, 2.45) is 5.41 Å². The predicted molar refractivity (Wildman–Crippen MR) is 108 cm³/mol. The molecule has 2 aliphatic rings. The number of nitrogens with one attached hydrogen (secondary N) is 2. The fourth-order valence-electron chi connectivity index (χ4n) is 3.81. The molecule has 0 spiro atoms. The quantitative estimate of drug-likeness (QED) is 0.417. The van der Waals surface area contributed by atoms with Crippen LogP contribution >= 0.6 is 0 Å². The number of benzene rings is 1. The van der Waals surface area contributed by atoms with Crippen LogP contribution in [0, 0.1) is 12.3 Å². The highest BCUT2D eigenvalue weighted by Crippen LogP contribution is 2.24. The normalized spacial score (nSPS) is 16.9. The van der Waals surface area contributed by atoms with Gasteiger partial charge in [-0.1, -0.05) is 24.5 Å². The summed E-state index contributed by atoms with van der Waals surface area (Å²) in [5, 5.41) is 5.73. The van der Waals surface area contributed by atoms with Gasteiger partial charge in [0.1, 0.15) is 5.41 Å². The van der Waals surface area contributed by atoms with E-state index in [2.05, 4.69) is 10.6 Å². The van der Waals surface area contributed by atoms with Crippen LogP contribution in [0.4, 0.5) is 0 Å². The first-order chi connectivity index (χ1) is 13.7. The van der Waals surface area contributed by atoms with Gasteiger partial charge in [-0.3, -0.25) is 24.1 Å². The molecule has 2 N–H and O–H groups in total. The van der Waals surface area contributed by atoms with Gasteiger partial charge in [-0.05, 0) is 52.2 Å². The second kappa shape index (κ2) is 8.35. The molecule has 7 nitrogen and oxygen atoms in total. The summed E-state index contributed by atoms with van der Waals surface area (Å²) >= 11 is 0. The Kier molecular flexibility index (Phi) is 6.05. The molecule has 3 rings (SSSR count). The minimum Gasteiger partial charge on any atom is -0.355 e. The van der Waals surface area contributed by atoms with Crippen LogP contribution in [0.1, 0.15) is 72.2 Å². The summed E-state index contributed by atoms with van der Waals surface area (Å²) in [4.78, 5) is 51.1. The second-order valence-electron chi connectivity index (χ2n) is 8.50. The fraction of sp³-hybridized carbons (Fsp3) is 0.545. The van der Waals surface area contributed by atoms with Crippen molar-refractivity contribution < 1.29 is 19.2 Å². The van der Waals surface area contributed by atoms with Crippen LogP contribution in [0.15, 0.2) is 18.2 Å². The Morgan fingerprint density at radius 2 is 1.72 bits per heavy atom. The lowest BCUT2D eigenvalue weighted by Crippen LogP contribution is -2.50. The van der Waals surface area contributed by atoms with E-state index in [1.54, 1.807) is 26.0 Å². The molecule has 0 bridgehead atoms. The third-order valence-corrected chi connectivity index (χ3v) is 5.80. The number of carbonyl (C=O) groups excluding carboxylic acids is 4. The molecule has 1 aromatic rings. The highest BCUT2D eigenvalue weighted by atomic mass is 16.2. The zero-order chi connectivity index (χ0) is 21.2. The number of amides is 4. The van der Waals surface area contributed by atoms with Crippen LogP contribution in [-0.2, 0) is 9.59 Å². The van der Waals surface area contributed by atoms with E-state index in [4.69, 9.17) is 0 Å².